The van der Waals surface area contributed by atoms with Gasteiger partial charge in [0.25, 0.3) is 0 Å². The maximum Gasteiger partial charge on any atom is 0.199 e. The van der Waals surface area contributed by atoms with Gasteiger partial charge in [-0.1, -0.05) is 30.3 Å². The van der Waals surface area contributed by atoms with E-state index in [9.17, 15) is 15.0 Å². The van der Waals surface area contributed by atoms with Crippen LogP contribution < -0.4 is 0 Å². The first-order valence-electron chi connectivity index (χ1n) is 5.86. The fraction of sp³-hybridized carbons (Fsp3) is 0.462. The molecule has 0 aliphatic carbocycles. The Morgan fingerprint density at radius 3 is 2.72 bits per heavy atom. The Hall–Kier alpha value is -1.27. The molecule has 1 aromatic carbocycles. The van der Waals surface area contributed by atoms with E-state index in [1.807, 2.05) is 0 Å². The largest absolute Gasteiger partial charge is 0.388 e. The van der Waals surface area contributed by atoms with Crippen LogP contribution in [0.25, 0.3) is 0 Å². The molecule has 2 heterocycles. The molecule has 0 bridgehead atoms. The molecule has 0 amide bonds. The van der Waals surface area contributed by atoms with Gasteiger partial charge in [-0.15, -0.1) is 0 Å². The Kier molecular flexibility index (Phi) is 2.71. The normalized spacial score (nSPS) is 38.7. The van der Waals surface area contributed by atoms with Crippen LogP contribution >= 0.6 is 0 Å². The predicted octanol–water partition coefficient (Wildman–Crippen LogP) is -0.241. The lowest BCUT2D eigenvalue weighted by molar-refractivity contribution is -0.0483. The summed E-state index contributed by atoms with van der Waals surface area (Å²) in [5.41, 5.74) is -1.29. The summed E-state index contributed by atoms with van der Waals surface area (Å²) in [5.74, 6) is -0.426. The number of Topliss-reactive ketones (excluding diaryl/α,β-unsaturated/α-hetero) is 1. The lowest BCUT2D eigenvalue weighted by Crippen LogP contribution is -2.50. The molecule has 0 saturated carbocycles. The quantitative estimate of drug-likeness (QED) is 0.708. The number of ether oxygens (including phenoxy) is 2. The van der Waals surface area contributed by atoms with Gasteiger partial charge in [-0.3, -0.25) is 4.79 Å². The summed E-state index contributed by atoms with van der Waals surface area (Å²) < 4.78 is 10.6. The molecule has 2 aliphatic heterocycles. The minimum Gasteiger partial charge on any atom is -0.388 e. The van der Waals surface area contributed by atoms with Gasteiger partial charge in [-0.25, -0.2) is 0 Å². The van der Waals surface area contributed by atoms with Gasteiger partial charge < -0.3 is 19.7 Å². The molecule has 2 aliphatic rings. The number of hydrogen-bond donors (Lipinski definition) is 2. The van der Waals surface area contributed by atoms with Crippen LogP contribution in [0.15, 0.2) is 30.3 Å². The number of ketones is 1. The van der Waals surface area contributed by atoms with E-state index < -0.39 is 29.7 Å². The third-order valence-electron chi connectivity index (χ3n) is 3.52. The van der Waals surface area contributed by atoms with E-state index in [0.29, 0.717) is 5.56 Å². The smallest absolute Gasteiger partial charge is 0.199 e. The standard InChI is InChI=1S/C13H14O5/c14-9-6-17-12-10(9)18-7-13(12,16)11(15)8-4-2-1-3-5-8/h1-5,9-10,12,14,16H,6-7H2/t9-,10+,12-,13-/m0/s1. The number of aliphatic hydroxyl groups is 2. The Morgan fingerprint density at radius 1 is 1.28 bits per heavy atom. The van der Waals surface area contributed by atoms with Gasteiger partial charge in [0.05, 0.1) is 13.2 Å². The van der Waals surface area contributed by atoms with Crippen molar-refractivity contribution in [3.8, 4) is 0 Å². The van der Waals surface area contributed by atoms with Crippen molar-refractivity contribution in [2.75, 3.05) is 13.2 Å². The van der Waals surface area contributed by atoms with Crippen molar-refractivity contribution in [3.05, 3.63) is 35.9 Å². The molecule has 0 unspecified atom stereocenters. The van der Waals surface area contributed by atoms with Crippen molar-refractivity contribution < 1.29 is 24.5 Å². The molecular formula is C13H14O5. The zero-order valence-electron chi connectivity index (χ0n) is 9.65. The minimum absolute atomic E-state index is 0.0830. The summed E-state index contributed by atoms with van der Waals surface area (Å²) in [7, 11) is 0. The van der Waals surface area contributed by atoms with Crippen LogP contribution in [-0.2, 0) is 9.47 Å². The summed E-state index contributed by atoms with van der Waals surface area (Å²) in [6.07, 6.45) is -2.20. The SMILES string of the molecule is O=C(c1ccccc1)[C@@]1(O)CO[C@@H]2[C@@H](O)CO[C@@H]21. The van der Waals surface area contributed by atoms with Crippen molar-refractivity contribution in [2.24, 2.45) is 0 Å². The molecule has 2 N–H and O–H groups in total. The lowest BCUT2D eigenvalue weighted by atomic mass is 9.88. The van der Waals surface area contributed by atoms with Crippen LogP contribution in [0.1, 0.15) is 10.4 Å². The highest BCUT2D eigenvalue weighted by Gasteiger charge is 2.59. The van der Waals surface area contributed by atoms with E-state index in [1.165, 1.54) is 0 Å². The summed E-state index contributed by atoms with van der Waals surface area (Å²) in [4.78, 5) is 12.3. The number of benzene rings is 1. The summed E-state index contributed by atoms with van der Waals surface area (Å²) >= 11 is 0. The predicted molar refractivity (Wildman–Crippen MR) is 61.2 cm³/mol. The average molecular weight is 250 g/mol. The molecule has 18 heavy (non-hydrogen) atoms. The van der Waals surface area contributed by atoms with Gasteiger partial charge in [0.15, 0.2) is 11.4 Å². The molecule has 0 radical (unpaired) electrons. The second kappa shape index (κ2) is 4.13. The van der Waals surface area contributed by atoms with E-state index in [2.05, 4.69) is 0 Å². The molecular weight excluding hydrogens is 236 g/mol. The first kappa shape index (κ1) is 11.8. The van der Waals surface area contributed by atoms with Gasteiger partial charge in [-0.05, 0) is 0 Å². The Bertz CT molecular complexity index is 460. The Morgan fingerprint density at radius 2 is 2.00 bits per heavy atom. The average Bonchev–Trinajstić information content (AvgIpc) is 2.93. The van der Waals surface area contributed by atoms with Crippen LogP contribution in [0.2, 0.25) is 0 Å². The number of aliphatic hydroxyl groups excluding tert-OH is 1. The van der Waals surface area contributed by atoms with E-state index in [0.717, 1.165) is 0 Å². The molecule has 0 spiro atoms. The van der Waals surface area contributed by atoms with Crippen molar-refractivity contribution in [2.45, 2.75) is 23.9 Å². The van der Waals surface area contributed by atoms with Crippen LogP contribution in [0, 0.1) is 0 Å². The number of fused-ring (bicyclic) bond motifs is 1. The number of carbonyl (C=O) groups excluding carboxylic acids is 1. The number of hydrogen-bond acceptors (Lipinski definition) is 5. The maximum atomic E-state index is 12.3. The highest BCUT2D eigenvalue weighted by atomic mass is 16.6. The van der Waals surface area contributed by atoms with Crippen molar-refractivity contribution >= 4 is 5.78 Å². The van der Waals surface area contributed by atoms with E-state index in [4.69, 9.17) is 9.47 Å². The van der Waals surface area contributed by atoms with Crippen LogP contribution in [0.4, 0.5) is 0 Å². The van der Waals surface area contributed by atoms with Crippen molar-refractivity contribution in [1.29, 1.82) is 0 Å². The first-order chi connectivity index (χ1) is 8.63. The lowest BCUT2D eigenvalue weighted by Gasteiger charge is -2.25. The molecule has 4 atom stereocenters. The fourth-order valence-corrected chi connectivity index (χ4v) is 2.54. The molecule has 2 fully saturated rings. The zero-order valence-corrected chi connectivity index (χ0v) is 9.65. The van der Waals surface area contributed by atoms with E-state index in [-0.39, 0.29) is 13.2 Å². The second-order valence-electron chi connectivity index (χ2n) is 4.72. The third-order valence-corrected chi connectivity index (χ3v) is 3.52. The van der Waals surface area contributed by atoms with Gasteiger partial charge in [-0.2, -0.15) is 0 Å². The van der Waals surface area contributed by atoms with Gasteiger partial charge in [0.2, 0.25) is 0 Å². The summed E-state index contributed by atoms with van der Waals surface area (Å²) in [6, 6.07) is 8.53. The summed E-state index contributed by atoms with van der Waals surface area (Å²) in [6.45, 7) is -0.0627. The minimum atomic E-state index is -1.70. The van der Waals surface area contributed by atoms with Gasteiger partial charge in [0.1, 0.15) is 18.3 Å². The molecule has 5 heteroatoms. The van der Waals surface area contributed by atoms with Gasteiger partial charge >= 0.3 is 0 Å². The first-order valence-corrected chi connectivity index (χ1v) is 5.86. The fourth-order valence-electron chi connectivity index (χ4n) is 2.54. The van der Waals surface area contributed by atoms with Crippen LogP contribution in [0.3, 0.4) is 0 Å². The number of rotatable bonds is 2. The molecule has 5 nitrogen and oxygen atoms in total. The highest BCUT2D eigenvalue weighted by Crippen LogP contribution is 2.36. The topological polar surface area (TPSA) is 76.0 Å². The molecule has 0 aromatic heterocycles. The van der Waals surface area contributed by atoms with Gasteiger partial charge in [0, 0.05) is 5.56 Å². The van der Waals surface area contributed by atoms with E-state index in [1.54, 1.807) is 30.3 Å². The Labute approximate surface area is 104 Å². The molecule has 96 valence electrons. The van der Waals surface area contributed by atoms with Crippen LogP contribution in [0.5, 0.6) is 0 Å². The maximum absolute atomic E-state index is 12.3. The van der Waals surface area contributed by atoms with Crippen molar-refractivity contribution in [1.82, 2.24) is 0 Å². The molecule has 3 rings (SSSR count). The highest BCUT2D eigenvalue weighted by molar-refractivity contribution is 6.03. The zero-order chi connectivity index (χ0) is 12.8. The molecule has 1 aromatic rings. The Balaban J connectivity index is 1.90. The summed E-state index contributed by atoms with van der Waals surface area (Å²) in [5, 5.41) is 20.1. The van der Waals surface area contributed by atoms with E-state index >= 15 is 0 Å². The third kappa shape index (κ3) is 1.59. The van der Waals surface area contributed by atoms with Crippen molar-refractivity contribution in [3.63, 3.8) is 0 Å². The monoisotopic (exact) mass is 250 g/mol. The van der Waals surface area contributed by atoms with Crippen LogP contribution in [-0.4, -0.2) is 53.1 Å². The molecule has 2 saturated heterocycles. The number of carbonyl (C=O) groups is 1. The second-order valence-corrected chi connectivity index (χ2v) is 4.72.